The summed E-state index contributed by atoms with van der Waals surface area (Å²) in [6.07, 6.45) is 3.02. The summed E-state index contributed by atoms with van der Waals surface area (Å²) >= 11 is 3.46. The van der Waals surface area contributed by atoms with Crippen LogP contribution in [0.2, 0.25) is 0 Å². The first kappa shape index (κ1) is 15.5. The Labute approximate surface area is 139 Å². The smallest absolute Gasteiger partial charge is 0.317 e. The van der Waals surface area contributed by atoms with Gasteiger partial charge in [-0.2, -0.15) is 0 Å². The molecule has 0 radical (unpaired) electrons. The largest absolute Gasteiger partial charge is 0.338 e. The van der Waals surface area contributed by atoms with Gasteiger partial charge < -0.3 is 10.2 Å². The average molecular weight is 335 g/mol. The van der Waals surface area contributed by atoms with Crippen LogP contribution in [0.4, 0.5) is 4.79 Å². The van der Waals surface area contributed by atoms with Crippen molar-refractivity contribution in [2.45, 2.75) is 39.2 Å². The predicted molar refractivity (Wildman–Crippen MR) is 91.7 cm³/mol. The number of thiophene rings is 1. The molecule has 0 saturated carbocycles. The highest BCUT2D eigenvalue weighted by Crippen LogP contribution is 2.34. The third-order valence-corrected chi connectivity index (χ3v) is 6.12. The van der Waals surface area contributed by atoms with Gasteiger partial charge in [0, 0.05) is 29.3 Å². The second-order valence-corrected chi connectivity index (χ2v) is 7.86. The van der Waals surface area contributed by atoms with E-state index in [0.29, 0.717) is 6.54 Å². The summed E-state index contributed by atoms with van der Waals surface area (Å²) in [6.45, 7) is 5.59. The normalized spacial score (nSPS) is 17.9. The summed E-state index contributed by atoms with van der Waals surface area (Å²) in [5.74, 6) is 0. The van der Waals surface area contributed by atoms with E-state index in [2.05, 4.69) is 27.8 Å². The Hall–Kier alpha value is -1.40. The number of thiazole rings is 1. The van der Waals surface area contributed by atoms with Gasteiger partial charge in [0.25, 0.3) is 0 Å². The van der Waals surface area contributed by atoms with E-state index in [4.69, 9.17) is 0 Å². The molecule has 6 heteroatoms. The maximum atomic E-state index is 12.4. The third-order valence-electron chi connectivity index (χ3n) is 4.01. The molecule has 0 aliphatic carbocycles. The SMILES string of the molecule is Cc1nc(C)c(CCNC(=O)N2CCCC2c2cccs2)s1. The van der Waals surface area contributed by atoms with Gasteiger partial charge in [-0.25, -0.2) is 9.78 Å². The highest BCUT2D eigenvalue weighted by Gasteiger charge is 2.30. The van der Waals surface area contributed by atoms with Gasteiger partial charge in [0.05, 0.1) is 16.7 Å². The van der Waals surface area contributed by atoms with Crippen molar-refractivity contribution in [1.29, 1.82) is 0 Å². The van der Waals surface area contributed by atoms with Gasteiger partial charge in [0.1, 0.15) is 0 Å². The molecule has 2 aromatic heterocycles. The standard InChI is InChI=1S/C16H21N3OS2/c1-11-14(22-12(2)18-11)7-8-17-16(20)19-9-3-5-13(19)15-6-4-10-21-15/h4,6,10,13H,3,5,7-9H2,1-2H3,(H,17,20). The molecule has 1 atom stereocenters. The van der Waals surface area contributed by atoms with E-state index < -0.39 is 0 Å². The van der Waals surface area contributed by atoms with Gasteiger partial charge in [0.2, 0.25) is 0 Å². The number of nitrogens with zero attached hydrogens (tertiary/aromatic N) is 2. The maximum Gasteiger partial charge on any atom is 0.317 e. The van der Waals surface area contributed by atoms with E-state index in [1.807, 2.05) is 18.7 Å². The molecule has 2 amide bonds. The maximum absolute atomic E-state index is 12.4. The van der Waals surface area contributed by atoms with Gasteiger partial charge in [-0.1, -0.05) is 6.07 Å². The van der Waals surface area contributed by atoms with Crippen LogP contribution < -0.4 is 5.32 Å². The van der Waals surface area contributed by atoms with E-state index in [0.717, 1.165) is 36.5 Å². The van der Waals surface area contributed by atoms with Crippen molar-refractivity contribution in [3.8, 4) is 0 Å². The summed E-state index contributed by atoms with van der Waals surface area (Å²) in [5.41, 5.74) is 1.09. The molecule has 3 rings (SSSR count). The van der Waals surface area contributed by atoms with Crippen molar-refractivity contribution < 1.29 is 4.79 Å². The molecule has 1 unspecified atom stereocenters. The molecule has 1 aliphatic rings. The molecule has 1 N–H and O–H groups in total. The van der Waals surface area contributed by atoms with Crippen LogP contribution in [0.25, 0.3) is 0 Å². The zero-order chi connectivity index (χ0) is 15.5. The Morgan fingerprint density at radius 3 is 3.05 bits per heavy atom. The highest BCUT2D eigenvalue weighted by molar-refractivity contribution is 7.11. The summed E-state index contributed by atoms with van der Waals surface area (Å²) in [6, 6.07) is 4.51. The molecule has 22 heavy (non-hydrogen) atoms. The molecule has 0 spiro atoms. The van der Waals surface area contributed by atoms with Crippen molar-refractivity contribution in [3.63, 3.8) is 0 Å². The first-order valence-corrected chi connectivity index (χ1v) is 9.35. The predicted octanol–water partition coefficient (Wildman–Crippen LogP) is 3.91. The lowest BCUT2D eigenvalue weighted by Crippen LogP contribution is -2.40. The van der Waals surface area contributed by atoms with Gasteiger partial charge in [-0.05, 0) is 38.1 Å². The molecule has 1 fully saturated rings. The second-order valence-electron chi connectivity index (χ2n) is 5.59. The average Bonchev–Trinajstić information content (AvgIpc) is 3.19. The Morgan fingerprint density at radius 2 is 2.36 bits per heavy atom. The number of likely N-dealkylation sites (tertiary alicyclic amines) is 1. The number of rotatable bonds is 4. The number of hydrogen-bond donors (Lipinski definition) is 1. The quantitative estimate of drug-likeness (QED) is 0.921. The fourth-order valence-corrected chi connectivity index (χ4v) is 4.79. The number of aryl methyl sites for hydroxylation is 2. The fourth-order valence-electron chi connectivity index (χ4n) is 2.98. The first-order valence-electron chi connectivity index (χ1n) is 7.66. The minimum absolute atomic E-state index is 0.0646. The van der Waals surface area contributed by atoms with Crippen LogP contribution in [0, 0.1) is 13.8 Å². The van der Waals surface area contributed by atoms with E-state index in [-0.39, 0.29) is 12.1 Å². The molecule has 1 aliphatic heterocycles. The number of hydrogen-bond acceptors (Lipinski definition) is 4. The minimum Gasteiger partial charge on any atom is -0.338 e. The Kier molecular flexibility index (Phi) is 4.78. The Bertz CT molecular complexity index is 636. The number of aromatic nitrogens is 1. The van der Waals surface area contributed by atoms with Crippen LogP contribution >= 0.6 is 22.7 Å². The van der Waals surface area contributed by atoms with Crippen LogP contribution in [0.15, 0.2) is 17.5 Å². The highest BCUT2D eigenvalue weighted by atomic mass is 32.1. The lowest BCUT2D eigenvalue weighted by atomic mass is 10.2. The lowest BCUT2D eigenvalue weighted by Gasteiger charge is -2.24. The van der Waals surface area contributed by atoms with Crippen LogP contribution in [0.5, 0.6) is 0 Å². The van der Waals surface area contributed by atoms with Crippen molar-refractivity contribution in [2.24, 2.45) is 0 Å². The number of nitrogens with one attached hydrogen (secondary N) is 1. The topological polar surface area (TPSA) is 45.2 Å². The lowest BCUT2D eigenvalue weighted by molar-refractivity contribution is 0.194. The third kappa shape index (κ3) is 3.33. The summed E-state index contributed by atoms with van der Waals surface area (Å²) in [4.78, 5) is 21.4. The van der Waals surface area contributed by atoms with Crippen molar-refractivity contribution in [1.82, 2.24) is 15.2 Å². The van der Waals surface area contributed by atoms with Crippen LogP contribution in [-0.4, -0.2) is 29.0 Å². The fraction of sp³-hybridized carbons (Fsp3) is 0.500. The van der Waals surface area contributed by atoms with Crippen molar-refractivity contribution in [3.05, 3.63) is 38.0 Å². The zero-order valence-corrected chi connectivity index (χ0v) is 14.6. The van der Waals surface area contributed by atoms with Crippen molar-refractivity contribution in [2.75, 3.05) is 13.1 Å². The number of carbonyl (C=O) groups is 1. The van der Waals surface area contributed by atoms with Crippen LogP contribution in [0.3, 0.4) is 0 Å². The molecule has 2 aromatic rings. The molecule has 0 aromatic carbocycles. The zero-order valence-electron chi connectivity index (χ0n) is 13.0. The summed E-state index contributed by atoms with van der Waals surface area (Å²) in [7, 11) is 0. The van der Waals surface area contributed by atoms with Crippen LogP contribution in [-0.2, 0) is 6.42 Å². The van der Waals surface area contributed by atoms with Gasteiger partial charge >= 0.3 is 6.03 Å². The molecular weight excluding hydrogens is 314 g/mol. The number of amides is 2. The molecule has 1 saturated heterocycles. The van der Waals surface area contributed by atoms with E-state index in [9.17, 15) is 4.79 Å². The monoisotopic (exact) mass is 335 g/mol. The molecule has 0 bridgehead atoms. The molecule has 3 heterocycles. The van der Waals surface area contributed by atoms with Gasteiger partial charge in [-0.3, -0.25) is 0 Å². The molecule has 4 nitrogen and oxygen atoms in total. The summed E-state index contributed by atoms with van der Waals surface area (Å²) in [5, 5.41) is 6.25. The molecule has 118 valence electrons. The number of urea groups is 1. The van der Waals surface area contributed by atoms with Crippen LogP contribution in [0.1, 0.15) is 39.3 Å². The molecular formula is C16H21N3OS2. The van der Waals surface area contributed by atoms with E-state index >= 15 is 0 Å². The van der Waals surface area contributed by atoms with E-state index in [1.165, 1.54) is 9.75 Å². The number of carbonyl (C=O) groups excluding carboxylic acids is 1. The first-order chi connectivity index (χ1) is 10.6. The van der Waals surface area contributed by atoms with Gasteiger partial charge in [0.15, 0.2) is 0 Å². The minimum atomic E-state index is 0.0646. The van der Waals surface area contributed by atoms with Gasteiger partial charge in [-0.15, -0.1) is 22.7 Å². The Morgan fingerprint density at radius 1 is 1.50 bits per heavy atom. The Balaban J connectivity index is 1.54. The van der Waals surface area contributed by atoms with Crippen molar-refractivity contribution >= 4 is 28.7 Å². The second kappa shape index (κ2) is 6.79. The van der Waals surface area contributed by atoms with E-state index in [1.54, 1.807) is 22.7 Å². The summed E-state index contributed by atoms with van der Waals surface area (Å²) < 4.78 is 0.